The number of carbonyl (C=O) groups excluding carboxylic acids is 1. The van der Waals surface area contributed by atoms with Gasteiger partial charge in [-0.05, 0) is 18.2 Å². The maximum absolute atomic E-state index is 11.9. The highest BCUT2D eigenvalue weighted by Crippen LogP contribution is 2.26. The van der Waals surface area contributed by atoms with Crippen molar-refractivity contribution in [2.24, 2.45) is 0 Å². The van der Waals surface area contributed by atoms with E-state index < -0.39 is 0 Å². The molecule has 4 nitrogen and oxygen atoms in total. The van der Waals surface area contributed by atoms with Gasteiger partial charge in [0.25, 0.3) is 5.91 Å². The summed E-state index contributed by atoms with van der Waals surface area (Å²) in [6.45, 7) is 0. The minimum Gasteiger partial charge on any atom is -0.298 e. The van der Waals surface area contributed by atoms with E-state index in [2.05, 4.69) is 26.2 Å². The average molecular weight is 343 g/mol. The van der Waals surface area contributed by atoms with Gasteiger partial charge in [0.15, 0.2) is 10.3 Å². The summed E-state index contributed by atoms with van der Waals surface area (Å²) in [4.78, 5) is 16.0. The molecule has 1 N–H and O–H groups in total. The van der Waals surface area contributed by atoms with Crippen LogP contribution in [0.4, 0.5) is 5.13 Å². The Kier molecular flexibility index (Phi) is 3.97. The molecule has 1 heterocycles. The van der Waals surface area contributed by atoms with Crippen LogP contribution in [-0.4, -0.2) is 10.9 Å². The molecule has 1 aromatic heterocycles. The molecular formula is C11H5BrClN3OS. The van der Waals surface area contributed by atoms with Gasteiger partial charge in [-0.25, -0.2) is 4.98 Å². The van der Waals surface area contributed by atoms with Crippen LogP contribution in [-0.2, 0) is 0 Å². The Hall–Kier alpha value is -1.42. The predicted octanol–water partition coefficient (Wildman–Crippen LogP) is 3.68. The molecule has 0 aliphatic carbocycles. The second-order valence-electron chi connectivity index (χ2n) is 3.22. The van der Waals surface area contributed by atoms with Gasteiger partial charge in [0, 0.05) is 10.0 Å². The number of hydrogen-bond acceptors (Lipinski definition) is 4. The summed E-state index contributed by atoms with van der Waals surface area (Å²) >= 11 is 10.0. The molecule has 2 aromatic rings. The van der Waals surface area contributed by atoms with Crippen LogP contribution in [0.2, 0.25) is 5.15 Å². The van der Waals surface area contributed by atoms with E-state index in [0.717, 1.165) is 15.8 Å². The number of carbonyl (C=O) groups is 1. The highest BCUT2D eigenvalue weighted by molar-refractivity contribution is 9.10. The summed E-state index contributed by atoms with van der Waals surface area (Å²) in [5.74, 6) is -0.300. The van der Waals surface area contributed by atoms with Gasteiger partial charge in [-0.1, -0.05) is 44.9 Å². The minimum absolute atomic E-state index is 0.104. The highest BCUT2D eigenvalue weighted by Gasteiger charge is 2.12. The molecule has 0 fully saturated rings. The average Bonchev–Trinajstić information content (AvgIpc) is 2.69. The number of amides is 1. The molecule has 0 aliphatic heterocycles. The predicted molar refractivity (Wildman–Crippen MR) is 73.9 cm³/mol. The van der Waals surface area contributed by atoms with Crippen LogP contribution in [0.5, 0.6) is 0 Å². The van der Waals surface area contributed by atoms with Gasteiger partial charge in [-0.15, -0.1) is 0 Å². The molecule has 0 unspecified atom stereocenters. The molecule has 18 heavy (non-hydrogen) atoms. The van der Waals surface area contributed by atoms with Crippen LogP contribution in [0.25, 0.3) is 0 Å². The molecule has 0 spiro atoms. The van der Waals surface area contributed by atoms with Gasteiger partial charge in [-0.2, -0.15) is 5.26 Å². The second kappa shape index (κ2) is 5.48. The van der Waals surface area contributed by atoms with E-state index >= 15 is 0 Å². The summed E-state index contributed by atoms with van der Waals surface area (Å²) in [6, 6.07) is 8.86. The van der Waals surface area contributed by atoms with Crippen LogP contribution >= 0.6 is 38.9 Å². The Morgan fingerprint density at radius 1 is 1.56 bits per heavy atom. The lowest BCUT2D eigenvalue weighted by Crippen LogP contribution is -2.11. The fourth-order valence-corrected chi connectivity index (χ4v) is 2.56. The Balaban J connectivity index is 2.19. The molecule has 0 saturated heterocycles. The Bertz CT molecular complexity index is 650. The zero-order valence-corrected chi connectivity index (χ0v) is 11.9. The van der Waals surface area contributed by atoms with Gasteiger partial charge in [-0.3, -0.25) is 10.1 Å². The zero-order chi connectivity index (χ0) is 13.1. The molecule has 0 saturated carbocycles. The minimum atomic E-state index is -0.300. The number of halogens is 2. The Morgan fingerprint density at radius 3 is 2.94 bits per heavy atom. The van der Waals surface area contributed by atoms with Crippen molar-refractivity contribution in [3.63, 3.8) is 0 Å². The van der Waals surface area contributed by atoms with Crippen molar-refractivity contribution in [2.75, 3.05) is 5.32 Å². The summed E-state index contributed by atoms with van der Waals surface area (Å²) in [7, 11) is 0. The number of rotatable bonds is 2. The van der Waals surface area contributed by atoms with Crippen LogP contribution in [0, 0.1) is 11.3 Å². The van der Waals surface area contributed by atoms with E-state index in [1.54, 1.807) is 18.2 Å². The normalized spacial score (nSPS) is 9.83. The topological polar surface area (TPSA) is 65.8 Å². The molecule has 2 rings (SSSR count). The third-order valence-corrected chi connectivity index (χ3v) is 3.75. The molecule has 7 heteroatoms. The molecule has 0 aliphatic rings. The lowest BCUT2D eigenvalue weighted by atomic mass is 10.2. The van der Waals surface area contributed by atoms with Gasteiger partial charge in [0.05, 0.1) is 0 Å². The lowest BCUT2D eigenvalue weighted by Gasteiger charge is -2.01. The summed E-state index contributed by atoms with van der Waals surface area (Å²) in [5.41, 5.74) is 0.495. The van der Waals surface area contributed by atoms with Crippen molar-refractivity contribution in [1.82, 2.24) is 4.98 Å². The molecule has 0 atom stereocenters. The maximum Gasteiger partial charge on any atom is 0.257 e. The number of hydrogen-bond donors (Lipinski definition) is 1. The van der Waals surface area contributed by atoms with Crippen molar-refractivity contribution in [3.05, 3.63) is 44.3 Å². The largest absolute Gasteiger partial charge is 0.298 e. The van der Waals surface area contributed by atoms with Crippen LogP contribution < -0.4 is 5.32 Å². The molecule has 0 bridgehead atoms. The van der Waals surface area contributed by atoms with Gasteiger partial charge < -0.3 is 0 Å². The first-order valence-corrected chi connectivity index (χ1v) is 6.72. The zero-order valence-electron chi connectivity index (χ0n) is 8.78. The number of anilines is 1. The lowest BCUT2D eigenvalue weighted by molar-refractivity contribution is 0.102. The van der Waals surface area contributed by atoms with Gasteiger partial charge in [0.2, 0.25) is 0 Å². The van der Waals surface area contributed by atoms with E-state index in [4.69, 9.17) is 16.9 Å². The molecular weight excluding hydrogens is 338 g/mol. The fourth-order valence-electron chi connectivity index (χ4n) is 1.22. The monoisotopic (exact) mass is 341 g/mol. The van der Waals surface area contributed by atoms with Gasteiger partial charge in [0.1, 0.15) is 10.9 Å². The van der Waals surface area contributed by atoms with Crippen molar-refractivity contribution >= 4 is 49.9 Å². The first kappa shape index (κ1) is 13.0. The van der Waals surface area contributed by atoms with E-state index in [0.29, 0.717) is 10.7 Å². The smallest absolute Gasteiger partial charge is 0.257 e. The maximum atomic E-state index is 11.9. The van der Waals surface area contributed by atoms with E-state index in [1.165, 1.54) is 0 Å². The first-order chi connectivity index (χ1) is 8.60. The van der Waals surface area contributed by atoms with Crippen molar-refractivity contribution < 1.29 is 4.79 Å². The van der Waals surface area contributed by atoms with E-state index in [1.807, 2.05) is 12.1 Å². The summed E-state index contributed by atoms with van der Waals surface area (Å²) in [5, 5.41) is 11.7. The van der Waals surface area contributed by atoms with Crippen LogP contribution in [0.3, 0.4) is 0 Å². The Labute approximate surface area is 120 Å². The molecule has 1 aromatic carbocycles. The number of aromatic nitrogens is 1. The first-order valence-electron chi connectivity index (χ1n) is 4.73. The summed E-state index contributed by atoms with van der Waals surface area (Å²) in [6.07, 6.45) is 0. The fraction of sp³-hybridized carbons (Fsp3) is 0. The van der Waals surface area contributed by atoms with Crippen molar-refractivity contribution in [2.45, 2.75) is 0 Å². The number of nitrogens with one attached hydrogen (secondary N) is 1. The summed E-state index contributed by atoms with van der Waals surface area (Å²) < 4.78 is 0.810. The number of nitriles is 1. The van der Waals surface area contributed by atoms with Gasteiger partial charge >= 0.3 is 0 Å². The highest BCUT2D eigenvalue weighted by atomic mass is 79.9. The number of thiazole rings is 1. The number of nitrogens with zero attached hydrogens (tertiary/aromatic N) is 2. The third kappa shape index (κ3) is 2.88. The molecule has 1 amide bonds. The SMILES string of the molecule is N#Cc1sc(NC(=O)c2cccc(Br)c2)nc1Cl. The molecule has 90 valence electrons. The second-order valence-corrected chi connectivity index (χ2v) is 5.49. The van der Waals surface area contributed by atoms with Crippen LogP contribution in [0.1, 0.15) is 15.2 Å². The number of benzene rings is 1. The standard InChI is InChI=1S/C11H5BrClN3OS/c12-7-3-1-2-6(4-7)10(17)16-11-15-9(13)8(5-14)18-11/h1-4H,(H,15,16,17). The van der Waals surface area contributed by atoms with Crippen LogP contribution in [0.15, 0.2) is 28.7 Å². The van der Waals surface area contributed by atoms with E-state index in [-0.39, 0.29) is 15.9 Å². The molecule has 0 radical (unpaired) electrons. The quantitative estimate of drug-likeness (QED) is 0.905. The van der Waals surface area contributed by atoms with Crippen molar-refractivity contribution in [1.29, 1.82) is 5.26 Å². The van der Waals surface area contributed by atoms with E-state index in [9.17, 15) is 4.79 Å². The van der Waals surface area contributed by atoms with Crippen molar-refractivity contribution in [3.8, 4) is 6.07 Å². The Morgan fingerprint density at radius 2 is 2.33 bits per heavy atom. The third-order valence-electron chi connectivity index (χ3n) is 1.99.